The number of fused-ring (bicyclic) bond motifs is 1. The molecule has 10 nitrogen and oxygen atoms in total. The van der Waals surface area contributed by atoms with Crippen LogP contribution in [-0.4, -0.2) is 52.4 Å². The zero-order valence-electron chi connectivity index (χ0n) is 19.6. The van der Waals surface area contributed by atoms with E-state index in [-0.39, 0.29) is 11.1 Å². The molecule has 192 valence electrons. The fourth-order valence-corrected chi connectivity index (χ4v) is 4.90. The number of aryl methyl sites for hydroxylation is 1. The number of aliphatic hydroxyl groups is 1. The van der Waals surface area contributed by atoms with Gasteiger partial charge in [-0.15, -0.1) is 0 Å². The van der Waals surface area contributed by atoms with Gasteiger partial charge in [0.05, 0.1) is 11.1 Å². The second kappa shape index (κ2) is 8.15. The summed E-state index contributed by atoms with van der Waals surface area (Å²) in [6, 6.07) is 10.1. The molecule has 4 aromatic carbocycles. The Hall–Kier alpha value is -5.22. The van der Waals surface area contributed by atoms with Gasteiger partial charge in [0, 0.05) is 22.3 Å². The van der Waals surface area contributed by atoms with Gasteiger partial charge in [-0.1, -0.05) is 6.07 Å². The van der Waals surface area contributed by atoms with Crippen LogP contribution in [0.3, 0.4) is 0 Å². The lowest BCUT2D eigenvalue weighted by atomic mass is 9.66. The Morgan fingerprint density at radius 2 is 1.24 bits per heavy atom. The minimum Gasteiger partial charge on any atom is -0.507 e. The number of phenols is 7. The Kier molecular flexibility index (Phi) is 5.25. The molecule has 0 aliphatic heterocycles. The SMILES string of the molecule is Cc1cc(O)c2c(c1)C(=O)C2(O)c1ccc(O)c(-c2c(O)ccc(O)c2C(=O)c2c(O)cccc2O)c1O. The average molecular weight is 516 g/mol. The van der Waals surface area contributed by atoms with Crippen molar-refractivity contribution in [3.63, 3.8) is 0 Å². The van der Waals surface area contributed by atoms with Crippen LogP contribution in [0, 0.1) is 6.92 Å². The van der Waals surface area contributed by atoms with E-state index in [2.05, 4.69) is 0 Å². The lowest BCUT2D eigenvalue weighted by Gasteiger charge is -2.39. The van der Waals surface area contributed by atoms with Crippen molar-refractivity contribution in [1.29, 1.82) is 0 Å². The van der Waals surface area contributed by atoms with Gasteiger partial charge in [-0.25, -0.2) is 0 Å². The fourth-order valence-electron chi connectivity index (χ4n) is 4.90. The number of carbonyl (C=O) groups excluding carboxylic acids is 2. The zero-order valence-corrected chi connectivity index (χ0v) is 19.6. The number of rotatable bonds is 4. The van der Waals surface area contributed by atoms with Gasteiger partial charge in [0.15, 0.2) is 5.60 Å². The Morgan fingerprint density at radius 1 is 0.684 bits per heavy atom. The molecule has 0 spiro atoms. The standard InChI is InChI=1S/C28H20O10/c1-11-9-12-24(19(34)10-11)28(38,27(12)37)13-5-6-17(32)22(25(13)35)21-16(31)7-8-18(33)23(21)26(36)20-14(29)3-2-4-15(20)30/h2-10,29-35,38H,1H3. The number of aromatic hydroxyl groups is 7. The fraction of sp³-hybridized carbons (Fsp3) is 0.0714. The van der Waals surface area contributed by atoms with Crippen LogP contribution in [0.15, 0.2) is 54.6 Å². The zero-order chi connectivity index (χ0) is 27.7. The molecule has 0 heterocycles. The van der Waals surface area contributed by atoms with E-state index in [0.717, 1.165) is 36.4 Å². The first-order valence-corrected chi connectivity index (χ1v) is 11.2. The highest BCUT2D eigenvalue weighted by molar-refractivity contribution is 6.19. The molecule has 0 saturated carbocycles. The van der Waals surface area contributed by atoms with Crippen LogP contribution in [0.4, 0.5) is 0 Å². The Bertz CT molecular complexity index is 1680. The number of phenolic OH excluding ortho intramolecular Hbond substituents is 7. The van der Waals surface area contributed by atoms with Gasteiger partial charge >= 0.3 is 0 Å². The van der Waals surface area contributed by atoms with Crippen molar-refractivity contribution in [3.8, 4) is 51.4 Å². The second-order valence-electron chi connectivity index (χ2n) is 8.96. The molecular weight excluding hydrogens is 496 g/mol. The molecule has 1 aliphatic rings. The van der Waals surface area contributed by atoms with Gasteiger partial charge in [-0.05, 0) is 61.0 Å². The van der Waals surface area contributed by atoms with Gasteiger partial charge in [0.2, 0.25) is 11.6 Å². The highest BCUT2D eigenvalue weighted by atomic mass is 16.3. The van der Waals surface area contributed by atoms with E-state index in [1.165, 1.54) is 18.2 Å². The van der Waals surface area contributed by atoms with Crippen molar-refractivity contribution in [3.05, 3.63) is 88.0 Å². The molecule has 1 atom stereocenters. The first-order chi connectivity index (χ1) is 17.9. The molecule has 5 rings (SSSR count). The predicted octanol–water partition coefficient (Wildman–Crippen LogP) is 3.26. The number of Topliss-reactive ketones (excluding diaryl/α,β-unsaturated/α-hetero) is 1. The molecule has 4 aromatic rings. The molecule has 0 bridgehead atoms. The monoisotopic (exact) mass is 516 g/mol. The normalized spacial score (nSPS) is 16.1. The molecule has 1 aliphatic carbocycles. The third-order valence-corrected chi connectivity index (χ3v) is 6.63. The molecule has 0 fully saturated rings. The Morgan fingerprint density at radius 3 is 1.89 bits per heavy atom. The molecule has 10 heteroatoms. The van der Waals surface area contributed by atoms with E-state index in [0.29, 0.717) is 5.56 Å². The third-order valence-electron chi connectivity index (χ3n) is 6.63. The molecule has 0 amide bonds. The Labute approximate surface area is 214 Å². The van der Waals surface area contributed by atoms with Crippen LogP contribution in [0.1, 0.15) is 43.0 Å². The van der Waals surface area contributed by atoms with Gasteiger partial charge in [-0.2, -0.15) is 0 Å². The van der Waals surface area contributed by atoms with Crippen LogP contribution in [-0.2, 0) is 5.60 Å². The maximum Gasteiger partial charge on any atom is 0.204 e. The molecular formula is C28H20O10. The quantitative estimate of drug-likeness (QED) is 0.147. The summed E-state index contributed by atoms with van der Waals surface area (Å²) in [5.41, 5.74) is -5.23. The minimum atomic E-state index is -2.54. The second-order valence-corrected chi connectivity index (χ2v) is 8.96. The van der Waals surface area contributed by atoms with E-state index < -0.39 is 85.2 Å². The van der Waals surface area contributed by atoms with Crippen LogP contribution < -0.4 is 0 Å². The van der Waals surface area contributed by atoms with Gasteiger partial charge < -0.3 is 40.9 Å². The van der Waals surface area contributed by atoms with E-state index >= 15 is 0 Å². The van der Waals surface area contributed by atoms with Crippen molar-refractivity contribution in [2.45, 2.75) is 12.5 Å². The van der Waals surface area contributed by atoms with Crippen molar-refractivity contribution in [1.82, 2.24) is 0 Å². The number of carbonyl (C=O) groups is 2. The van der Waals surface area contributed by atoms with Crippen LogP contribution in [0.5, 0.6) is 40.2 Å². The summed E-state index contributed by atoms with van der Waals surface area (Å²) in [6.45, 7) is 1.63. The summed E-state index contributed by atoms with van der Waals surface area (Å²) in [4.78, 5) is 26.4. The minimum absolute atomic E-state index is 0.0186. The maximum atomic E-state index is 13.4. The predicted molar refractivity (Wildman–Crippen MR) is 132 cm³/mol. The molecule has 0 saturated heterocycles. The first-order valence-electron chi connectivity index (χ1n) is 11.2. The summed E-state index contributed by atoms with van der Waals surface area (Å²) in [5, 5.41) is 85.5. The topological polar surface area (TPSA) is 196 Å². The number of ketones is 2. The smallest absolute Gasteiger partial charge is 0.204 e. The van der Waals surface area contributed by atoms with Crippen molar-refractivity contribution in [2.24, 2.45) is 0 Å². The number of hydrogen-bond acceptors (Lipinski definition) is 10. The van der Waals surface area contributed by atoms with E-state index in [1.807, 2.05) is 0 Å². The lowest BCUT2D eigenvalue weighted by Crippen LogP contribution is -2.47. The van der Waals surface area contributed by atoms with Gasteiger partial charge in [0.1, 0.15) is 45.8 Å². The maximum absolute atomic E-state index is 13.4. The van der Waals surface area contributed by atoms with Crippen LogP contribution >= 0.6 is 0 Å². The molecule has 0 aromatic heterocycles. The van der Waals surface area contributed by atoms with Gasteiger partial charge in [-0.3, -0.25) is 9.59 Å². The van der Waals surface area contributed by atoms with Crippen molar-refractivity contribution < 1.29 is 50.4 Å². The Balaban J connectivity index is 1.79. The highest BCUT2D eigenvalue weighted by Crippen LogP contribution is 2.55. The van der Waals surface area contributed by atoms with Crippen molar-refractivity contribution >= 4 is 11.6 Å². The van der Waals surface area contributed by atoms with Crippen molar-refractivity contribution in [2.75, 3.05) is 0 Å². The molecule has 1 unspecified atom stereocenters. The first kappa shape index (κ1) is 24.5. The highest BCUT2D eigenvalue weighted by Gasteiger charge is 2.55. The molecule has 38 heavy (non-hydrogen) atoms. The number of hydrogen-bond donors (Lipinski definition) is 8. The summed E-state index contributed by atoms with van der Waals surface area (Å²) >= 11 is 0. The van der Waals surface area contributed by atoms with E-state index in [1.54, 1.807) is 6.92 Å². The van der Waals surface area contributed by atoms with E-state index in [9.17, 15) is 50.4 Å². The number of benzene rings is 4. The summed E-state index contributed by atoms with van der Waals surface area (Å²) < 4.78 is 0. The van der Waals surface area contributed by atoms with Gasteiger partial charge in [0.25, 0.3) is 0 Å². The summed E-state index contributed by atoms with van der Waals surface area (Å²) in [7, 11) is 0. The molecule has 8 N–H and O–H groups in total. The third kappa shape index (κ3) is 3.17. The average Bonchev–Trinajstić information content (AvgIpc) is 2.84. The van der Waals surface area contributed by atoms with E-state index in [4.69, 9.17) is 0 Å². The molecule has 0 radical (unpaired) electrons. The summed E-state index contributed by atoms with van der Waals surface area (Å²) in [6.07, 6.45) is 0. The van der Waals surface area contributed by atoms with Crippen LogP contribution in [0.25, 0.3) is 11.1 Å². The summed E-state index contributed by atoms with van der Waals surface area (Å²) in [5.74, 6) is -6.86. The largest absolute Gasteiger partial charge is 0.507 e. The van der Waals surface area contributed by atoms with Crippen LogP contribution in [0.2, 0.25) is 0 Å². The lowest BCUT2D eigenvalue weighted by molar-refractivity contribution is 0.0354.